The van der Waals surface area contributed by atoms with E-state index in [9.17, 15) is 0 Å². The molecule has 6 rings (SSSR count). The summed E-state index contributed by atoms with van der Waals surface area (Å²) in [5.74, 6) is 0.499. The Balaban J connectivity index is 0.00000302. The quantitative estimate of drug-likeness (QED) is 0.181. The molecule has 4 aromatic rings. The van der Waals surface area contributed by atoms with Crippen molar-refractivity contribution < 1.29 is 46.1 Å². The van der Waals surface area contributed by atoms with Crippen LogP contribution in [0.2, 0.25) is 0 Å². The van der Waals surface area contributed by atoms with E-state index in [-0.39, 0.29) is 41.1 Å². The Morgan fingerprint density at radius 1 is 0.615 bits per heavy atom. The number of allylic oxidation sites excluding steroid dienone is 4. The van der Waals surface area contributed by atoms with Crippen molar-refractivity contribution in [2.75, 3.05) is 0 Å². The van der Waals surface area contributed by atoms with E-state index in [1.54, 1.807) is 17.6 Å². The minimum absolute atomic E-state index is 0. The van der Waals surface area contributed by atoms with Crippen molar-refractivity contribution in [2.24, 2.45) is 11.3 Å². The van der Waals surface area contributed by atoms with Crippen molar-refractivity contribution in [1.82, 2.24) is 0 Å². The van der Waals surface area contributed by atoms with Gasteiger partial charge in [0.1, 0.15) is 0 Å². The zero-order chi connectivity index (χ0) is 36.2. The summed E-state index contributed by atoms with van der Waals surface area (Å²) in [6.07, 6.45) is 9.15. The van der Waals surface area contributed by atoms with Gasteiger partial charge in [-0.05, 0) is 0 Å². The molecule has 0 aliphatic heterocycles. The van der Waals surface area contributed by atoms with E-state index >= 15 is 0 Å². The van der Waals surface area contributed by atoms with Crippen LogP contribution in [-0.4, -0.2) is 3.21 Å². The van der Waals surface area contributed by atoms with Crippen LogP contribution in [0.1, 0.15) is 137 Å². The van der Waals surface area contributed by atoms with Gasteiger partial charge in [0, 0.05) is 0 Å². The number of halogens is 2. The van der Waals surface area contributed by atoms with Gasteiger partial charge in [0.25, 0.3) is 0 Å². The monoisotopic (exact) mass is 808 g/mol. The Hall–Kier alpha value is -2.31. The maximum Gasteiger partial charge on any atom is -1.00 e. The van der Waals surface area contributed by atoms with Crippen molar-refractivity contribution in [3.8, 4) is 11.1 Å². The Labute approximate surface area is 336 Å². The van der Waals surface area contributed by atoms with Crippen LogP contribution in [0.5, 0.6) is 0 Å². The molecule has 0 spiro atoms. The van der Waals surface area contributed by atoms with E-state index in [4.69, 9.17) is 0 Å². The van der Waals surface area contributed by atoms with Gasteiger partial charge in [-0.15, -0.1) is 0 Å². The Kier molecular flexibility index (Phi) is 13.2. The molecule has 2 aliphatic rings. The van der Waals surface area contributed by atoms with Crippen molar-refractivity contribution in [3.63, 3.8) is 0 Å². The molecule has 2 aliphatic carbocycles. The van der Waals surface area contributed by atoms with Crippen molar-refractivity contribution >= 4 is 3.21 Å². The SMILES string of the molecule is CCCCC1C=C(C(C)(C)C)C=[C]1[Zr+2](=[C](c1ccccc1)c1ccccc1)[CH]1c2cc(C)c(C(C)(C)C)cc2-c2cc(C(C)(C)C)c(C)cc21.[Cl-].[Cl-]. The first-order chi connectivity index (χ1) is 23.5. The van der Waals surface area contributed by atoms with Crippen LogP contribution in [-0.2, 0) is 32.1 Å². The Morgan fingerprint density at radius 3 is 1.44 bits per heavy atom. The maximum absolute atomic E-state index is 2.93. The van der Waals surface area contributed by atoms with Gasteiger partial charge in [-0.25, -0.2) is 0 Å². The summed E-state index contributed by atoms with van der Waals surface area (Å²) in [7, 11) is 0. The third-order valence-corrected chi connectivity index (χ3v) is 19.6. The molecule has 0 fully saturated rings. The average molecular weight is 811 g/mol. The van der Waals surface area contributed by atoms with Crippen LogP contribution in [0.3, 0.4) is 0 Å². The summed E-state index contributed by atoms with van der Waals surface area (Å²) in [6, 6.07) is 33.5. The van der Waals surface area contributed by atoms with E-state index in [0.29, 0.717) is 9.54 Å². The molecular formula is C49H60Cl2Zr. The molecule has 1 unspecified atom stereocenters. The van der Waals surface area contributed by atoms with Gasteiger partial charge in [0.2, 0.25) is 0 Å². The van der Waals surface area contributed by atoms with Gasteiger partial charge in [0.15, 0.2) is 0 Å². The minimum atomic E-state index is -2.93. The van der Waals surface area contributed by atoms with Crippen LogP contribution < -0.4 is 24.8 Å². The number of aryl methyl sites for hydroxylation is 2. The van der Waals surface area contributed by atoms with E-state index in [2.05, 4.69) is 180 Å². The number of rotatable bonds is 7. The summed E-state index contributed by atoms with van der Waals surface area (Å²) in [4.78, 5) is 0. The molecule has 0 saturated carbocycles. The maximum atomic E-state index is 2.73. The van der Waals surface area contributed by atoms with Crippen molar-refractivity contribution in [2.45, 2.75) is 117 Å². The molecule has 0 amide bonds. The largest absolute Gasteiger partial charge is 1.00 e. The summed E-state index contributed by atoms with van der Waals surface area (Å²) in [6.45, 7) is 28.6. The summed E-state index contributed by atoms with van der Waals surface area (Å²) in [5.41, 5.74) is 16.5. The molecule has 0 nitrogen and oxygen atoms in total. The minimum Gasteiger partial charge on any atom is -1.00 e. The van der Waals surface area contributed by atoms with Gasteiger partial charge in [-0.3, -0.25) is 0 Å². The van der Waals surface area contributed by atoms with Gasteiger partial charge in [-0.2, -0.15) is 0 Å². The van der Waals surface area contributed by atoms with Gasteiger partial charge in [-0.1, -0.05) is 0 Å². The zero-order valence-electron chi connectivity index (χ0n) is 33.8. The molecule has 4 aromatic carbocycles. The van der Waals surface area contributed by atoms with Crippen LogP contribution in [0.25, 0.3) is 11.1 Å². The standard InChI is InChI=1S/C23H29.C13H10.C13H21.2ClH.Zr/c1-14-9-16-11-17-10-15(2)21(23(6,7)8)13-19(17)18(16)12-20(14)22(3,4)5;1-3-7-12(8-4-1)11-13-9-5-2-6-10-13;1-5-6-7-11-8-9-12(10-11)13(2,3)4;;;/h9-13H,1-8H3;1-10H;9-11H,5-7H2,1-4H3;2*1H;/q;;;;;+2/p-2. The number of hydrogen-bond acceptors (Lipinski definition) is 0. The number of hydrogen-bond donors (Lipinski definition) is 0. The molecule has 0 N–H and O–H groups in total. The average Bonchev–Trinajstić information content (AvgIpc) is 3.60. The van der Waals surface area contributed by atoms with Crippen LogP contribution in [0.15, 0.2) is 106 Å². The third kappa shape index (κ3) is 8.34. The molecule has 0 heterocycles. The smallest absolute Gasteiger partial charge is 1.00 e. The topological polar surface area (TPSA) is 0 Å². The summed E-state index contributed by atoms with van der Waals surface area (Å²) in [5, 5.41) is 0. The second-order valence-electron chi connectivity index (χ2n) is 18.2. The number of unbranched alkanes of at least 4 members (excludes halogenated alkanes) is 1. The fourth-order valence-corrected chi connectivity index (χ4v) is 18.3. The third-order valence-electron chi connectivity index (χ3n) is 11.1. The molecule has 0 radical (unpaired) electrons. The molecule has 0 saturated heterocycles. The van der Waals surface area contributed by atoms with Gasteiger partial charge in [0.05, 0.1) is 0 Å². The van der Waals surface area contributed by atoms with Crippen molar-refractivity contribution in [1.29, 1.82) is 0 Å². The zero-order valence-corrected chi connectivity index (χ0v) is 37.7. The molecule has 1 atom stereocenters. The second-order valence-corrected chi connectivity index (χ2v) is 24.3. The Bertz CT molecular complexity index is 1880. The molecule has 274 valence electrons. The summed E-state index contributed by atoms with van der Waals surface area (Å²) >= 11 is -2.93. The molecular weight excluding hydrogens is 751 g/mol. The molecule has 3 heteroatoms. The fraction of sp³-hybridized carbons (Fsp3) is 0.408. The first-order valence-electron chi connectivity index (χ1n) is 19.1. The van der Waals surface area contributed by atoms with Crippen LogP contribution in [0, 0.1) is 25.2 Å². The molecule has 0 bridgehead atoms. The van der Waals surface area contributed by atoms with Crippen LogP contribution >= 0.6 is 0 Å². The van der Waals surface area contributed by atoms with E-state index in [0.717, 1.165) is 0 Å². The molecule has 0 aromatic heterocycles. The van der Waals surface area contributed by atoms with Gasteiger partial charge >= 0.3 is 314 Å². The number of fused-ring (bicyclic) bond motifs is 3. The van der Waals surface area contributed by atoms with Crippen LogP contribution in [0.4, 0.5) is 0 Å². The predicted octanol–water partition coefficient (Wildman–Crippen LogP) is 7.54. The van der Waals surface area contributed by atoms with E-state index in [1.165, 1.54) is 69.3 Å². The first-order valence-corrected chi connectivity index (χ1v) is 23.0. The van der Waals surface area contributed by atoms with E-state index in [1.807, 2.05) is 0 Å². The molecule has 52 heavy (non-hydrogen) atoms. The van der Waals surface area contributed by atoms with Crippen molar-refractivity contribution in [3.05, 3.63) is 150 Å². The summed E-state index contributed by atoms with van der Waals surface area (Å²) < 4.78 is 3.82. The van der Waals surface area contributed by atoms with Gasteiger partial charge < -0.3 is 24.8 Å². The predicted molar refractivity (Wildman–Crippen MR) is 215 cm³/mol. The Morgan fingerprint density at radius 2 is 1.06 bits per heavy atom. The van der Waals surface area contributed by atoms with E-state index < -0.39 is 21.3 Å². The first kappa shape index (κ1) is 42.4. The number of benzene rings is 4. The normalized spacial score (nSPS) is 15.4. The fourth-order valence-electron chi connectivity index (χ4n) is 8.68. The second kappa shape index (κ2) is 16.2.